The Morgan fingerprint density at radius 2 is 1.88 bits per heavy atom. The van der Waals surface area contributed by atoms with E-state index in [-0.39, 0.29) is 5.91 Å². The second-order valence-corrected chi connectivity index (χ2v) is 6.39. The first-order valence-corrected chi connectivity index (χ1v) is 8.67. The number of rotatable bonds is 5. The summed E-state index contributed by atoms with van der Waals surface area (Å²) in [5, 5.41) is 2.92. The molecule has 24 heavy (non-hydrogen) atoms. The number of pyridine rings is 1. The fourth-order valence-corrected chi connectivity index (χ4v) is 2.95. The summed E-state index contributed by atoms with van der Waals surface area (Å²) in [4.78, 5) is 16.2. The molecule has 4 nitrogen and oxygen atoms in total. The van der Waals surface area contributed by atoms with Crippen LogP contribution >= 0.6 is 0 Å². The van der Waals surface area contributed by atoms with E-state index in [9.17, 15) is 4.79 Å². The molecule has 0 atom stereocenters. The van der Waals surface area contributed by atoms with Crippen molar-refractivity contribution in [2.24, 2.45) is 0 Å². The first kappa shape index (κ1) is 16.5. The first-order valence-electron chi connectivity index (χ1n) is 8.67. The third kappa shape index (κ3) is 4.57. The Morgan fingerprint density at radius 3 is 2.54 bits per heavy atom. The van der Waals surface area contributed by atoms with Crippen LogP contribution in [0.3, 0.4) is 0 Å². The smallest absolute Gasteiger partial charge is 0.253 e. The van der Waals surface area contributed by atoms with Crippen molar-refractivity contribution >= 4 is 5.91 Å². The molecule has 0 unspecified atom stereocenters. The fraction of sp³-hybridized carbons (Fsp3) is 0.400. The zero-order chi connectivity index (χ0) is 16.8. The Morgan fingerprint density at radius 1 is 1.12 bits per heavy atom. The number of hydrogen-bond donors (Lipinski definition) is 1. The summed E-state index contributed by atoms with van der Waals surface area (Å²) >= 11 is 0. The van der Waals surface area contributed by atoms with Crippen LogP contribution in [-0.2, 0) is 6.54 Å². The normalized spacial score (nSPS) is 15.0. The Labute approximate surface area is 143 Å². The van der Waals surface area contributed by atoms with Crippen LogP contribution in [0.1, 0.15) is 53.7 Å². The largest absolute Gasteiger partial charge is 0.490 e. The number of nitrogens with zero attached hydrogens (tertiary/aromatic N) is 1. The first-order chi connectivity index (χ1) is 11.7. The average Bonchev–Trinajstić information content (AvgIpc) is 2.62. The maximum atomic E-state index is 12.1. The maximum Gasteiger partial charge on any atom is 0.253 e. The summed E-state index contributed by atoms with van der Waals surface area (Å²) in [5.41, 5.74) is 2.54. The van der Waals surface area contributed by atoms with Gasteiger partial charge in [0.2, 0.25) is 0 Å². The van der Waals surface area contributed by atoms with Gasteiger partial charge in [0.15, 0.2) is 0 Å². The van der Waals surface area contributed by atoms with Gasteiger partial charge in [-0.05, 0) is 62.4 Å². The number of carbonyl (C=O) groups excluding carboxylic acids is 1. The van der Waals surface area contributed by atoms with Crippen molar-refractivity contribution < 1.29 is 9.53 Å². The highest BCUT2D eigenvalue weighted by molar-refractivity contribution is 5.93. The lowest BCUT2D eigenvalue weighted by atomic mass is 9.98. The minimum absolute atomic E-state index is 0.106. The van der Waals surface area contributed by atoms with Crippen LogP contribution in [-0.4, -0.2) is 17.0 Å². The Kier molecular flexibility index (Phi) is 5.47. The van der Waals surface area contributed by atoms with Crippen molar-refractivity contribution in [3.63, 3.8) is 0 Å². The molecular formula is C20H24N2O2. The van der Waals surface area contributed by atoms with E-state index in [0.29, 0.717) is 18.2 Å². The highest BCUT2D eigenvalue weighted by Crippen LogP contribution is 2.23. The van der Waals surface area contributed by atoms with Crippen LogP contribution in [0.25, 0.3) is 0 Å². The zero-order valence-electron chi connectivity index (χ0n) is 14.1. The molecule has 1 saturated carbocycles. The second kappa shape index (κ2) is 7.95. The highest BCUT2D eigenvalue weighted by atomic mass is 16.5. The number of nitrogens with one attached hydrogen (secondary N) is 1. The average molecular weight is 324 g/mol. The Balaban J connectivity index is 1.50. The molecule has 2 aromatic rings. The van der Waals surface area contributed by atoms with Gasteiger partial charge in [-0.2, -0.15) is 0 Å². The van der Waals surface area contributed by atoms with Crippen molar-refractivity contribution in [2.75, 3.05) is 0 Å². The van der Waals surface area contributed by atoms with E-state index >= 15 is 0 Å². The van der Waals surface area contributed by atoms with E-state index in [1.54, 1.807) is 12.3 Å². The summed E-state index contributed by atoms with van der Waals surface area (Å²) in [7, 11) is 0. The van der Waals surface area contributed by atoms with Crippen molar-refractivity contribution in [1.82, 2.24) is 10.3 Å². The van der Waals surface area contributed by atoms with E-state index in [1.807, 2.05) is 37.3 Å². The molecule has 4 heteroatoms. The van der Waals surface area contributed by atoms with Gasteiger partial charge < -0.3 is 10.1 Å². The predicted octanol–water partition coefficient (Wildman–Crippen LogP) is 4.03. The molecule has 1 fully saturated rings. The summed E-state index contributed by atoms with van der Waals surface area (Å²) < 4.78 is 6.02. The molecule has 1 aliphatic carbocycles. The topological polar surface area (TPSA) is 51.2 Å². The Hall–Kier alpha value is -2.36. The van der Waals surface area contributed by atoms with E-state index in [2.05, 4.69) is 10.3 Å². The van der Waals surface area contributed by atoms with Gasteiger partial charge in [-0.15, -0.1) is 0 Å². The van der Waals surface area contributed by atoms with Crippen LogP contribution < -0.4 is 10.1 Å². The molecular weight excluding hydrogens is 300 g/mol. The lowest BCUT2D eigenvalue weighted by molar-refractivity contribution is 0.0950. The van der Waals surface area contributed by atoms with Gasteiger partial charge in [-0.3, -0.25) is 9.78 Å². The molecule has 1 aromatic heterocycles. The monoisotopic (exact) mass is 324 g/mol. The van der Waals surface area contributed by atoms with E-state index < -0.39 is 0 Å². The van der Waals surface area contributed by atoms with Crippen LogP contribution in [0.4, 0.5) is 0 Å². The molecule has 1 heterocycles. The lowest BCUT2D eigenvalue weighted by Gasteiger charge is -2.23. The lowest BCUT2D eigenvalue weighted by Crippen LogP contribution is -2.23. The molecule has 1 N–H and O–H groups in total. The quantitative estimate of drug-likeness (QED) is 0.903. The summed E-state index contributed by atoms with van der Waals surface area (Å²) in [6.07, 6.45) is 8.13. The number of aromatic nitrogens is 1. The van der Waals surface area contributed by atoms with Gasteiger partial charge in [-0.1, -0.05) is 18.6 Å². The molecule has 3 rings (SSSR count). The van der Waals surface area contributed by atoms with Gasteiger partial charge in [0, 0.05) is 18.4 Å². The molecule has 0 bridgehead atoms. The standard InChI is InChI=1S/C20H24N2O2/c1-15-7-10-17(14-21-15)20(23)22-13-16-8-11-19(12-9-16)24-18-5-3-2-4-6-18/h7-12,14,18H,2-6,13H2,1H3,(H,22,23). The molecule has 1 amide bonds. The van der Waals surface area contributed by atoms with E-state index in [4.69, 9.17) is 4.74 Å². The molecule has 126 valence electrons. The molecule has 0 spiro atoms. The van der Waals surface area contributed by atoms with Gasteiger partial charge in [-0.25, -0.2) is 0 Å². The van der Waals surface area contributed by atoms with E-state index in [0.717, 1.165) is 29.8 Å². The third-order valence-electron chi connectivity index (χ3n) is 4.40. The van der Waals surface area contributed by atoms with Gasteiger partial charge in [0.1, 0.15) is 5.75 Å². The minimum Gasteiger partial charge on any atom is -0.490 e. The van der Waals surface area contributed by atoms with Gasteiger partial charge >= 0.3 is 0 Å². The van der Waals surface area contributed by atoms with Crippen molar-refractivity contribution in [3.05, 3.63) is 59.4 Å². The number of carbonyl (C=O) groups is 1. The summed E-state index contributed by atoms with van der Waals surface area (Å²) in [6, 6.07) is 11.6. The molecule has 1 aliphatic rings. The van der Waals surface area contributed by atoms with Crippen molar-refractivity contribution in [3.8, 4) is 5.75 Å². The van der Waals surface area contributed by atoms with E-state index in [1.165, 1.54) is 19.3 Å². The minimum atomic E-state index is -0.106. The number of amides is 1. The summed E-state index contributed by atoms with van der Waals surface area (Å²) in [6.45, 7) is 2.40. The van der Waals surface area contributed by atoms with Crippen molar-refractivity contribution in [2.45, 2.75) is 51.7 Å². The van der Waals surface area contributed by atoms with Crippen LogP contribution in [0.5, 0.6) is 5.75 Å². The second-order valence-electron chi connectivity index (χ2n) is 6.39. The molecule has 0 radical (unpaired) electrons. The summed E-state index contributed by atoms with van der Waals surface area (Å²) in [5.74, 6) is 0.810. The van der Waals surface area contributed by atoms with Crippen LogP contribution in [0.15, 0.2) is 42.6 Å². The molecule has 0 saturated heterocycles. The number of hydrogen-bond acceptors (Lipinski definition) is 3. The number of benzene rings is 1. The van der Waals surface area contributed by atoms with Gasteiger partial charge in [0.05, 0.1) is 11.7 Å². The molecule has 0 aliphatic heterocycles. The highest BCUT2D eigenvalue weighted by Gasteiger charge is 2.14. The SMILES string of the molecule is Cc1ccc(C(=O)NCc2ccc(OC3CCCCC3)cc2)cn1. The third-order valence-corrected chi connectivity index (χ3v) is 4.40. The van der Waals surface area contributed by atoms with Crippen LogP contribution in [0.2, 0.25) is 0 Å². The number of aryl methyl sites for hydroxylation is 1. The predicted molar refractivity (Wildman–Crippen MR) is 94.1 cm³/mol. The van der Waals surface area contributed by atoms with Crippen LogP contribution in [0, 0.1) is 6.92 Å². The Bertz CT molecular complexity index is 659. The zero-order valence-corrected chi connectivity index (χ0v) is 14.1. The number of ether oxygens (including phenoxy) is 1. The molecule has 1 aromatic carbocycles. The maximum absolute atomic E-state index is 12.1. The van der Waals surface area contributed by atoms with Gasteiger partial charge in [0.25, 0.3) is 5.91 Å². The fourth-order valence-electron chi connectivity index (χ4n) is 2.95. The van der Waals surface area contributed by atoms with Crippen molar-refractivity contribution in [1.29, 1.82) is 0 Å².